The first kappa shape index (κ1) is 12.0. The third-order valence-corrected chi connectivity index (χ3v) is 3.79. The lowest BCUT2D eigenvalue weighted by atomic mass is 9.75. The minimum absolute atomic E-state index is 0.0304. The number of rotatable bonds is 5. The summed E-state index contributed by atoms with van der Waals surface area (Å²) in [7, 11) is 0. The second kappa shape index (κ2) is 6.44. The van der Waals surface area contributed by atoms with E-state index in [9.17, 15) is 5.11 Å². The summed E-state index contributed by atoms with van der Waals surface area (Å²) in [5.74, 6) is 1.71. The maximum absolute atomic E-state index is 9.81. The molecule has 0 aromatic rings. The van der Waals surface area contributed by atoms with Crippen molar-refractivity contribution in [2.45, 2.75) is 71.3 Å². The zero-order valence-electron chi connectivity index (χ0n) is 9.84. The molecule has 0 saturated heterocycles. The Morgan fingerprint density at radius 3 is 2.36 bits per heavy atom. The summed E-state index contributed by atoms with van der Waals surface area (Å²) >= 11 is 0. The first-order valence-electron chi connectivity index (χ1n) is 6.46. The highest BCUT2D eigenvalue weighted by Gasteiger charge is 2.25. The van der Waals surface area contributed by atoms with Crippen LogP contribution >= 0.6 is 0 Å². The largest absolute Gasteiger partial charge is 0.393 e. The van der Waals surface area contributed by atoms with Crippen molar-refractivity contribution in [3.63, 3.8) is 0 Å². The lowest BCUT2D eigenvalue weighted by Crippen LogP contribution is -2.23. The van der Waals surface area contributed by atoms with E-state index in [1.807, 2.05) is 0 Å². The van der Waals surface area contributed by atoms with Gasteiger partial charge in [-0.05, 0) is 24.7 Å². The van der Waals surface area contributed by atoms with Crippen LogP contribution in [0.4, 0.5) is 0 Å². The molecule has 1 rings (SSSR count). The Kier molecular flexibility index (Phi) is 5.54. The summed E-state index contributed by atoms with van der Waals surface area (Å²) in [5, 5.41) is 9.81. The molecule has 0 aliphatic heterocycles. The molecule has 3 unspecified atom stereocenters. The summed E-state index contributed by atoms with van der Waals surface area (Å²) in [6, 6.07) is 0. The van der Waals surface area contributed by atoms with E-state index >= 15 is 0 Å². The summed E-state index contributed by atoms with van der Waals surface area (Å²) in [4.78, 5) is 0. The van der Waals surface area contributed by atoms with Crippen LogP contribution in [0.1, 0.15) is 65.2 Å². The maximum atomic E-state index is 9.81. The Labute approximate surface area is 88.9 Å². The monoisotopic (exact) mass is 198 g/mol. The van der Waals surface area contributed by atoms with E-state index < -0.39 is 0 Å². The first-order chi connectivity index (χ1) is 6.77. The molecule has 0 aromatic heterocycles. The molecule has 0 spiro atoms. The van der Waals surface area contributed by atoms with E-state index in [1.165, 1.54) is 32.1 Å². The molecular weight excluding hydrogens is 172 g/mol. The fourth-order valence-corrected chi connectivity index (χ4v) is 2.93. The zero-order chi connectivity index (χ0) is 10.4. The van der Waals surface area contributed by atoms with Crippen molar-refractivity contribution in [1.29, 1.82) is 0 Å². The number of hydrogen-bond donors (Lipinski definition) is 1. The van der Waals surface area contributed by atoms with Crippen LogP contribution in [0.15, 0.2) is 0 Å². The van der Waals surface area contributed by atoms with Crippen molar-refractivity contribution < 1.29 is 5.11 Å². The summed E-state index contributed by atoms with van der Waals surface area (Å²) in [6.45, 7) is 4.45. The van der Waals surface area contributed by atoms with Crippen LogP contribution in [-0.2, 0) is 0 Å². The van der Waals surface area contributed by atoms with Crippen molar-refractivity contribution in [2.24, 2.45) is 11.8 Å². The Balaban J connectivity index is 2.32. The molecule has 1 aliphatic carbocycles. The predicted octanol–water partition coefficient (Wildman–Crippen LogP) is 3.75. The molecule has 1 aliphatic rings. The molecule has 0 aromatic carbocycles. The third-order valence-electron chi connectivity index (χ3n) is 3.79. The number of hydrogen-bond acceptors (Lipinski definition) is 1. The van der Waals surface area contributed by atoms with Gasteiger partial charge >= 0.3 is 0 Å². The average Bonchev–Trinajstić information content (AvgIpc) is 2.19. The van der Waals surface area contributed by atoms with Gasteiger partial charge in [-0.15, -0.1) is 0 Å². The maximum Gasteiger partial charge on any atom is 0.0542 e. The molecule has 0 radical (unpaired) electrons. The third kappa shape index (κ3) is 3.61. The van der Waals surface area contributed by atoms with Crippen molar-refractivity contribution in [3.05, 3.63) is 0 Å². The molecule has 0 bridgehead atoms. The fraction of sp³-hybridized carbons (Fsp3) is 1.00. The molecule has 0 heterocycles. The number of aliphatic hydroxyl groups is 1. The quantitative estimate of drug-likeness (QED) is 0.713. The van der Waals surface area contributed by atoms with E-state index in [4.69, 9.17) is 0 Å². The van der Waals surface area contributed by atoms with Gasteiger partial charge in [-0.2, -0.15) is 0 Å². The van der Waals surface area contributed by atoms with Crippen LogP contribution in [0.5, 0.6) is 0 Å². The van der Waals surface area contributed by atoms with Gasteiger partial charge in [0.25, 0.3) is 0 Å². The Morgan fingerprint density at radius 2 is 1.79 bits per heavy atom. The topological polar surface area (TPSA) is 20.2 Å². The highest BCUT2D eigenvalue weighted by molar-refractivity contribution is 4.76. The molecule has 0 amide bonds. The predicted molar refractivity (Wildman–Crippen MR) is 61.3 cm³/mol. The second-order valence-corrected chi connectivity index (χ2v) is 4.89. The minimum atomic E-state index is -0.0304. The first-order valence-corrected chi connectivity index (χ1v) is 6.46. The van der Waals surface area contributed by atoms with Gasteiger partial charge in [-0.25, -0.2) is 0 Å². The molecule has 1 heteroatoms. The molecular formula is C13H26O. The van der Waals surface area contributed by atoms with Gasteiger partial charge in [0.15, 0.2) is 0 Å². The summed E-state index contributed by atoms with van der Waals surface area (Å²) < 4.78 is 0. The highest BCUT2D eigenvalue weighted by Crippen LogP contribution is 2.35. The Bertz CT molecular complexity index is 144. The highest BCUT2D eigenvalue weighted by atomic mass is 16.3. The Morgan fingerprint density at radius 1 is 1.14 bits per heavy atom. The lowest BCUT2D eigenvalue weighted by Gasteiger charge is -2.32. The molecule has 3 atom stereocenters. The molecule has 14 heavy (non-hydrogen) atoms. The van der Waals surface area contributed by atoms with Crippen molar-refractivity contribution in [3.8, 4) is 0 Å². The van der Waals surface area contributed by atoms with Crippen LogP contribution in [-0.4, -0.2) is 11.2 Å². The molecule has 1 saturated carbocycles. The van der Waals surface area contributed by atoms with Gasteiger partial charge in [0.2, 0.25) is 0 Å². The van der Waals surface area contributed by atoms with E-state index in [2.05, 4.69) is 13.8 Å². The van der Waals surface area contributed by atoms with Crippen LogP contribution in [0, 0.1) is 11.8 Å². The van der Waals surface area contributed by atoms with Crippen molar-refractivity contribution in [1.82, 2.24) is 0 Å². The van der Waals surface area contributed by atoms with Crippen LogP contribution < -0.4 is 0 Å². The standard InChI is InChI=1S/C13H26O/c1-3-7-13(14)10-12-9-6-5-8-11(12)4-2/h11-14H,3-10H2,1-2H3. The van der Waals surface area contributed by atoms with Gasteiger partial charge in [-0.1, -0.05) is 52.4 Å². The number of aliphatic hydroxyl groups excluding tert-OH is 1. The summed E-state index contributed by atoms with van der Waals surface area (Å²) in [5.41, 5.74) is 0. The molecule has 1 fully saturated rings. The lowest BCUT2D eigenvalue weighted by molar-refractivity contribution is 0.0963. The second-order valence-electron chi connectivity index (χ2n) is 4.89. The molecule has 84 valence electrons. The van der Waals surface area contributed by atoms with E-state index in [0.717, 1.165) is 31.1 Å². The summed E-state index contributed by atoms with van der Waals surface area (Å²) in [6.07, 6.45) is 10.0. The van der Waals surface area contributed by atoms with E-state index in [1.54, 1.807) is 0 Å². The normalized spacial score (nSPS) is 30.2. The van der Waals surface area contributed by atoms with Gasteiger partial charge in [-0.3, -0.25) is 0 Å². The van der Waals surface area contributed by atoms with Gasteiger partial charge in [0, 0.05) is 0 Å². The van der Waals surface area contributed by atoms with Crippen molar-refractivity contribution in [2.75, 3.05) is 0 Å². The Hall–Kier alpha value is -0.0400. The zero-order valence-corrected chi connectivity index (χ0v) is 9.84. The van der Waals surface area contributed by atoms with Gasteiger partial charge in [0.1, 0.15) is 0 Å². The smallest absolute Gasteiger partial charge is 0.0542 e. The van der Waals surface area contributed by atoms with E-state index in [-0.39, 0.29) is 6.10 Å². The molecule has 1 nitrogen and oxygen atoms in total. The van der Waals surface area contributed by atoms with Crippen LogP contribution in [0.25, 0.3) is 0 Å². The van der Waals surface area contributed by atoms with Gasteiger partial charge in [0.05, 0.1) is 6.10 Å². The molecule has 1 N–H and O–H groups in total. The SMILES string of the molecule is CCCC(O)CC1CCCCC1CC. The van der Waals surface area contributed by atoms with Gasteiger partial charge < -0.3 is 5.11 Å². The minimum Gasteiger partial charge on any atom is -0.393 e. The van der Waals surface area contributed by atoms with Crippen LogP contribution in [0.3, 0.4) is 0 Å². The van der Waals surface area contributed by atoms with Crippen molar-refractivity contribution >= 4 is 0 Å². The average molecular weight is 198 g/mol. The van der Waals surface area contributed by atoms with Crippen LogP contribution in [0.2, 0.25) is 0 Å². The fourth-order valence-electron chi connectivity index (χ4n) is 2.93. The van der Waals surface area contributed by atoms with E-state index in [0.29, 0.717) is 0 Å².